The Morgan fingerprint density at radius 3 is 2.65 bits per heavy atom. The topological polar surface area (TPSA) is 106 Å². The highest BCUT2D eigenvalue weighted by molar-refractivity contribution is 6.33. The zero-order chi connectivity index (χ0) is 26.4. The molecule has 2 fully saturated rings. The lowest BCUT2D eigenvalue weighted by Crippen LogP contribution is -2.50. The van der Waals surface area contributed by atoms with E-state index in [9.17, 15) is 9.59 Å². The Kier molecular flexibility index (Phi) is 9.13. The number of nitrogens with zero attached hydrogens (tertiary/aromatic N) is 2. The molecule has 2 aromatic rings. The van der Waals surface area contributed by atoms with E-state index in [1.165, 1.54) is 13.2 Å². The van der Waals surface area contributed by atoms with Crippen LogP contribution < -0.4 is 20.5 Å². The minimum Gasteiger partial charge on any atom is -0.497 e. The Labute approximate surface area is 222 Å². The second-order valence-electron chi connectivity index (χ2n) is 9.50. The molecule has 2 aliphatic heterocycles. The molecule has 2 aliphatic rings. The number of morpholine rings is 1. The van der Waals surface area contributed by atoms with Crippen LogP contribution in [0.15, 0.2) is 36.4 Å². The fourth-order valence-electron chi connectivity index (χ4n) is 4.91. The summed E-state index contributed by atoms with van der Waals surface area (Å²) in [7, 11) is 3.09. The van der Waals surface area contributed by atoms with E-state index in [4.69, 9.17) is 31.5 Å². The van der Waals surface area contributed by atoms with Crippen LogP contribution in [-0.4, -0.2) is 87.8 Å². The van der Waals surface area contributed by atoms with Crippen molar-refractivity contribution in [3.05, 3.63) is 52.5 Å². The predicted octanol–water partition coefficient (Wildman–Crippen LogP) is 2.92. The summed E-state index contributed by atoms with van der Waals surface area (Å²) < 4.78 is 16.4. The zero-order valence-electron chi connectivity index (χ0n) is 21.4. The average Bonchev–Trinajstić information content (AvgIpc) is 2.93. The minimum absolute atomic E-state index is 0.0542. The van der Waals surface area contributed by atoms with E-state index >= 15 is 0 Å². The van der Waals surface area contributed by atoms with Gasteiger partial charge >= 0.3 is 0 Å². The van der Waals surface area contributed by atoms with Crippen molar-refractivity contribution < 1.29 is 23.8 Å². The third kappa shape index (κ3) is 6.85. The van der Waals surface area contributed by atoms with Gasteiger partial charge < -0.3 is 30.2 Å². The number of nitrogen functional groups attached to an aromatic ring is 1. The van der Waals surface area contributed by atoms with Gasteiger partial charge in [-0.05, 0) is 43.0 Å². The Bertz CT molecular complexity index is 1110. The minimum atomic E-state index is -0.285. The first kappa shape index (κ1) is 27.0. The molecule has 2 saturated heterocycles. The Morgan fingerprint density at radius 1 is 1.14 bits per heavy atom. The standard InChI is InChI=1S/C27H35ClN4O5/c1-35-20-5-3-4-19(12-20)27(34)32-8-6-18(7-9-32)16-31-10-11-37-21(17-31)15-30-26(33)22-13-23(28)24(29)14-25(22)36-2/h3-5,12-14,18,21H,6-11,15-17,29H2,1-2H3,(H,30,33). The van der Waals surface area contributed by atoms with Crippen molar-refractivity contribution in [3.63, 3.8) is 0 Å². The zero-order valence-corrected chi connectivity index (χ0v) is 22.1. The van der Waals surface area contributed by atoms with Gasteiger partial charge in [-0.15, -0.1) is 0 Å². The number of halogens is 1. The molecule has 1 unspecified atom stereocenters. The molecule has 2 heterocycles. The highest BCUT2D eigenvalue weighted by Crippen LogP contribution is 2.29. The molecule has 0 saturated carbocycles. The number of benzene rings is 2. The normalized spacial score (nSPS) is 18.9. The van der Waals surface area contributed by atoms with Gasteiger partial charge in [0.2, 0.25) is 0 Å². The highest BCUT2D eigenvalue weighted by Gasteiger charge is 2.28. The van der Waals surface area contributed by atoms with Crippen LogP contribution in [0.25, 0.3) is 0 Å². The maximum atomic E-state index is 12.9. The molecule has 2 amide bonds. The number of carbonyl (C=O) groups is 2. The van der Waals surface area contributed by atoms with Crippen LogP contribution in [0.4, 0.5) is 5.69 Å². The van der Waals surface area contributed by atoms with E-state index in [-0.39, 0.29) is 17.9 Å². The van der Waals surface area contributed by atoms with Crippen LogP contribution in [0.5, 0.6) is 11.5 Å². The van der Waals surface area contributed by atoms with Crippen LogP contribution in [0.2, 0.25) is 5.02 Å². The van der Waals surface area contributed by atoms with Crippen molar-refractivity contribution in [2.24, 2.45) is 5.92 Å². The summed E-state index contributed by atoms with van der Waals surface area (Å²) in [4.78, 5) is 30.0. The lowest BCUT2D eigenvalue weighted by molar-refractivity contribution is -0.0332. The van der Waals surface area contributed by atoms with Crippen LogP contribution >= 0.6 is 11.6 Å². The number of rotatable bonds is 8. The molecule has 0 bridgehead atoms. The van der Waals surface area contributed by atoms with Crippen molar-refractivity contribution in [1.29, 1.82) is 0 Å². The molecular formula is C27H35ClN4O5. The number of carbonyl (C=O) groups excluding carboxylic acids is 2. The number of hydrogen-bond donors (Lipinski definition) is 2. The lowest BCUT2D eigenvalue weighted by Gasteiger charge is -2.38. The quantitative estimate of drug-likeness (QED) is 0.505. The molecule has 4 rings (SSSR count). The fourth-order valence-corrected chi connectivity index (χ4v) is 5.07. The molecular weight excluding hydrogens is 496 g/mol. The Morgan fingerprint density at radius 2 is 1.92 bits per heavy atom. The van der Waals surface area contributed by atoms with Crippen LogP contribution in [0, 0.1) is 5.92 Å². The number of nitrogens with one attached hydrogen (secondary N) is 1. The molecule has 37 heavy (non-hydrogen) atoms. The first-order chi connectivity index (χ1) is 17.9. The van der Waals surface area contributed by atoms with Gasteiger partial charge in [-0.2, -0.15) is 0 Å². The summed E-state index contributed by atoms with van der Waals surface area (Å²) in [5, 5.41) is 3.24. The summed E-state index contributed by atoms with van der Waals surface area (Å²) in [6.07, 6.45) is 1.82. The van der Waals surface area contributed by atoms with Crippen LogP contribution in [0.1, 0.15) is 33.6 Å². The van der Waals surface area contributed by atoms with Gasteiger partial charge in [0.15, 0.2) is 0 Å². The molecule has 0 aromatic heterocycles. The number of likely N-dealkylation sites (tertiary alicyclic amines) is 1. The number of methoxy groups -OCH3 is 2. The summed E-state index contributed by atoms with van der Waals surface area (Å²) in [5.74, 6) is 1.35. The van der Waals surface area contributed by atoms with Gasteiger partial charge in [-0.25, -0.2) is 0 Å². The summed E-state index contributed by atoms with van der Waals surface area (Å²) in [6, 6.07) is 10.4. The molecule has 0 aliphatic carbocycles. The van der Waals surface area contributed by atoms with E-state index in [1.807, 2.05) is 23.1 Å². The number of amides is 2. The number of ether oxygens (including phenoxy) is 3. The molecule has 0 spiro atoms. The van der Waals surface area contributed by atoms with Crippen LogP contribution in [0.3, 0.4) is 0 Å². The molecule has 1 atom stereocenters. The number of hydrogen-bond acceptors (Lipinski definition) is 7. The SMILES string of the molecule is COc1cccc(C(=O)N2CCC(CN3CCOC(CNC(=O)c4cc(Cl)c(N)cc4OC)C3)CC2)c1. The van der Waals surface area contributed by atoms with Gasteiger partial charge in [0.1, 0.15) is 11.5 Å². The molecule has 3 N–H and O–H groups in total. The maximum absolute atomic E-state index is 12.9. The van der Waals surface area contributed by atoms with Gasteiger partial charge in [0.25, 0.3) is 11.8 Å². The number of piperidine rings is 1. The first-order valence-electron chi connectivity index (χ1n) is 12.6. The summed E-state index contributed by atoms with van der Waals surface area (Å²) in [5.41, 5.74) is 7.17. The number of nitrogens with two attached hydrogens (primary N) is 1. The van der Waals surface area contributed by atoms with E-state index < -0.39 is 0 Å². The maximum Gasteiger partial charge on any atom is 0.255 e. The molecule has 9 nitrogen and oxygen atoms in total. The highest BCUT2D eigenvalue weighted by atomic mass is 35.5. The van der Waals surface area contributed by atoms with Crippen molar-refractivity contribution in [2.45, 2.75) is 18.9 Å². The Hall–Kier alpha value is -3.01. The van der Waals surface area contributed by atoms with Gasteiger partial charge in [-0.3, -0.25) is 14.5 Å². The molecule has 0 radical (unpaired) electrons. The molecule has 200 valence electrons. The van der Waals surface area contributed by atoms with Gasteiger partial charge in [-0.1, -0.05) is 17.7 Å². The van der Waals surface area contributed by atoms with Crippen molar-refractivity contribution >= 4 is 29.1 Å². The third-order valence-electron chi connectivity index (χ3n) is 7.01. The largest absolute Gasteiger partial charge is 0.497 e. The smallest absolute Gasteiger partial charge is 0.255 e. The third-order valence-corrected chi connectivity index (χ3v) is 7.34. The second kappa shape index (κ2) is 12.5. The summed E-state index contributed by atoms with van der Waals surface area (Å²) >= 11 is 6.10. The van der Waals surface area contributed by atoms with E-state index in [2.05, 4.69) is 10.2 Å². The lowest BCUT2D eigenvalue weighted by atomic mass is 9.95. The second-order valence-corrected chi connectivity index (χ2v) is 9.91. The van der Waals surface area contributed by atoms with Gasteiger partial charge in [0, 0.05) is 50.9 Å². The number of anilines is 1. The van der Waals surface area contributed by atoms with E-state index in [0.29, 0.717) is 52.4 Å². The van der Waals surface area contributed by atoms with Gasteiger partial charge in [0.05, 0.1) is 43.2 Å². The predicted molar refractivity (Wildman–Crippen MR) is 143 cm³/mol. The first-order valence-corrected chi connectivity index (χ1v) is 12.9. The van der Waals surface area contributed by atoms with Crippen LogP contribution in [-0.2, 0) is 4.74 Å². The van der Waals surface area contributed by atoms with Crippen molar-refractivity contribution in [2.75, 3.05) is 65.8 Å². The molecule has 10 heteroatoms. The summed E-state index contributed by atoms with van der Waals surface area (Å²) in [6.45, 7) is 5.04. The Balaban J connectivity index is 1.23. The fraction of sp³-hybridized carbons (Fsp3) is 0.481. The van der Waals surface area contributed by atoms with E-state index in [1.54, 1.807) is 19.2 Å². The average molecular weight is 531 g/mol. The van der Waals surface area contributed by atoms with Crippen molar-refractivity contribution in [3.8, 4) is 11.5 Å². The monoisotopic (exact) mass is 530 g/mol. The van der Waals surface area contributed by atoms with E-state index in [0.717, 1.165) is 45.6 Å². The molecule has 2 aromatic carbocycles. The van der Waals surface area contributed by atoms with Crippen molar-refractivity contribution in [1.82, 2.24) is 15.1 Å².